The van der Waals surface area contributed by atoms with E-state index >= 15 is 0 Å². The van der Waals surface area contributed by atoms with Gasteiger partial charge in [0.15, 0.2) is 12.2 Å². The van der Waals surface area contributed by atoms with Gasteiger partial charge in [-0.25, -0.2) is 14.6 Å². The Kier molecular flexibility index (Phi) is 5.84. The Balaban J connectivity index is 1.23. The van der Waals surface area contributed by atoms with Crippen LogP contribution in [0.1, 0.15) is 48.7 Å². The van der Waals surface area contributed by atoms with E-state index < -0.39 is 30.1 Å². The molecule has 1 fully saturated rings. The van der Waals surface area contributed by atoms with E-state index in [0.29, 0.717) is 6.42 Å². The molecule has 5 atom stereocenters. The Bertz CT molecular complexity index is 1180. The summed E-state index contributed by atoms with van der Waals surface area (Å²) in [5.74, 6) is -1.46. The van der Waals surface area contributed by atoms with Crippen molar-refractivity contribution in [3.05, 3.63) is 72.1 Å². The molecule has 10 heteroatoms. The van der Waals surface area contributed by atoms with Gasteiger partial charge in [0.2, 0.25) is 0 Å². The van der Waals surface area contributed by atoms with Gasteiger partial charge in [0, 0.05) is 36.6 Å². The highest BCUT2D eigenvalue weighted by Crippen LogP contribution is 2.43. The lowest BCUT2D eigenvalue weighted by atomic mass is 9.98. The van der Waals surface area contributed by atoms with E-state index in [0.717, 1.165) is 35.3 Å². The molecular formula is C24H26N6O4. The van der Waals surface area contributed by atoms with Crippen molar-refractivity contribution in [1.82, 2.24) is 30.0 Å². The highest BCUT2D eigenvalue weighted by Gasteiger charge is 2.46. The summed E-state index contributed by atoms with van der Waals surface area (Å²) >= 11 is 0. The Morgan fingerprint density at radius 2 is 1.94 bits per heavy atom. The van der Waals surface area contributed by atoms with Gasteiger partial charge >= 0.3 is 0 Å². The van der Waals surface area contributed by atoms with E-state index in [1.165, 1.54) is 6.33 Å². The standard InChI is InChI=1S/C24H26N6O4/c1-14(15-3-5-16(6-4-15)29-10-2-9-27-29)28-23(33)21(31)22(32)24(34)30-17-7-8-20(30)18-12-25-13-26-19(18)11-17/h2-6,9-10,12-14,17,20-22,31-32H,7-8,11H2,1H3,(H,28,33)/t14?,17-,20+,21?,22?/m1/s1. The zero-order valence-electron chi connectivity index (χ0n) is 18.7. The Labute approximate surface area is 196 Å². The second-order valence-corrected chi connectivity index (χ2v) is 8.78. The van der Waals surface area contributed by atoms with Gasteiger partial charge in [-0.3, -0.25) is 9.59 Å². The van der Waals surface area contributed by atoms with Crippen LogP contribution in [0.5, 0.6) is 0 Å². The van der Waals surface area contributed by atoms with Gasteiger partial charge in [0.25, 0.3) is 11.8 Å². The van der Waals surface area contributed by atoms with Crippen LogP contribution >= 0.6 is 0 Å². The van der Waals surface area contributed by atoms with E-state index in [1.807, 2.05) is 36.5 Å². The number of benzene rings is 1. The number of amides is 2. The number of aliphatic hydroxyl groups excluding tert-OH is 2. The smallest absolute Gasteiger partial charge is 0.255 e. The third kappa shape index (κ3) is 3.95. The van der Waals surface area contributed by atoms with Crippen molar-refractivity contribution < 1.29 is 19.8 Å². The molecule has 3 N–H and O–H groups in total. The summed E-state index contributed by atoms with van der Waals surface area (Å²) in [6.07, 6.45) is 5.04. The molecule has 2 aromatic heterocycles. The van der Waals surface area contributed by atoms with E-state index in [4.69, 9.17) is 0 Å². The molecule has 2 amide bonds. The lowest BCUT2D eigenvalue weighted by Gasteiger charge is -2.37. The lowest BCUT2D eigenvalue weighted by Crippen LogP contribution is -2.53. The molecule has 34 heavy (non-hydrogen) atoms. The first kappa shape index (κ1) is 22.2. The normalized spacial score (nSPS) is 21.4. The largest absolute Gasteiger partial charge is 0.380 e. The number of rotatable bonds is 6. The average molecular weight is 463 g/mol. The maximum absolute atomic E-state index is 13.1. The number of aliphatic hydroxyl groups is 2. The molecule has 2 aliphatic rings. The van der Waals surface area contributed by atoms with Gasteiger partial charge in [0.05, 0.1) is 23.5 Å². The van der Waals surface area contributed by atoms with Gasteiger partial charge in [0.1, 0.15) is 6.33 Å². The van der Waals surface area contributed by atoms with Crippen LogP contribution in [0.2, 0.25) is 0 Å². The summed E-state index contributed by atoms with van der Waals surface area (Å²) in [4.78, 5) is 35.7. The van der Waals surface area contributed by atoms with E-state index in [9.17, 15) is 19.8 Å². The fraction of sp³-hybridized carbons (Fsp3) is 0.375. The van der Waals surface area contributed by atoms with Gasteiger partial charge in [-0.2, -0.15) is 5.10 Å². The number of hydrogen-bond acceptors (Lipinski definition) is 7. The molecule has 1 aromatic carbocycles. The Hall–Kier alpha value is -3.63. The molecule has 2 bridgehead atoms. The fourth-order valence-corrected chi connectivity index (χ4v) is 4.91. The van der Waals surface area contributed by atoms with Crippen LogP contribution in [-0.2, 0) is 16.0 Å². The number of fused-ring (bicyclic) bond motifs is 4. The second-order valence-electron chi connectivity index (χ2n) is 8.78. The van der Waals surface area contributed by atoms with Crippen LogP contribution < -0.4 is 5.32 Å². The molecule has 0 spiro atoms. The first-order valence-corrected chi connectivity index (χ1v) is 11.3. The molecule has 4 heterocycles. The topological polar surface area (TPSA) is 133 Å². The highest BCUT2D eigenvalue weighted by atomic mass is 16.3. The minimum atomic E-state index is -1.88. The summed E-state index contributed by atoms with van der Waals surface area (Å²) in [5.41, 5.74) is 3.45. The van der Waals surface area contributed by atoms with Crippen LogP contribution in [0.15, 0.2) is 55.2 Å². The quantitative estimate of drug-likeness (QED) is 0.495. The number of nitrogens with one attached hydrogen (secondary N) is 1. The van der Waals surface area contributed by atoms with E-state index in [-0.39, 0.29) is 12.1 Å². The fourth-order valence-electron chi connectivity index (χ4n) is 4.91. The summed E-state index contributed by atoms with van der Waals surface area (Å²) in [7, 11) is 0. The zero-order chi connectivity index (χ0) is 23.8. The number of carbonyl (C=O) groups is 2. The molecule has 0 saturated carbocycles. The van der Waals surface area contributed by atoms with Crippen molar-refractivity contribution in [2.75, 3.05) is 0 Å². The van der Waals surface area contributed by atoms with E-state index in [2.05, 4.69) is 20.4 Å². The van der Waals surface area contributed by atoms with Gasteiger partial charge in [-0.05, 0) is 43.5 Å². The third-order valence-corrected chi connectivity index (χ3v) is 6.71. The van der Waals surface area contributed by atoms with Crippen LogP contribution in [0.3, 0.4) is 0 Å². The minimum Gasteiger partial charge on any atom is -0.380 e. The van der Waals surface area contributed by atoms with Crippen LogP contribution in [0.25, 0.3) is 5.69 Å². The van der Waals surface area contributed by atoms with Crippen LogP contribution in [-0.4, -0.2) is 64.9 Å². The molecule has 3 aromatic rings. The maximum Gasteiger partial charge on any atom is 0.255 e. The summed E-state index contributed by atoms with van der Waals surface area (Å²) in [6, 6.07) is 8.46. The molecular weight excluding hydrogens is 436 g/mol. The average Bonchev–Trinajstić information content (AvgIpc) is 3.50. The minimum absolute atomic E-state index is 0.114. The zero-order valence-corrected chi connectivity index (χ0v) is 18.7. The third-order valence-electron chi connectivity index (χ3n) is 6.71. The molecule has 176 valence electrons. The lowest BCUT2D eigenvalue weighted by molar-refractivity contribution is -0.156. The number of nitrogens with zero attached hydrogens (tertiary/aromatic N) is 5. The van der Waals surface area contributed by atoms with Gasteiger partial charge < -0.3 is 20.4 Å². The van der Waals surface area contributed by atoms with Crippen molar-refractivity contribution in [2.45, 2.75) is 56.5 Å². The van der Waals surface area contributed by atoms with Crippen LogP contribution in [0, 0.1) is 0 Å². The molecule has 2 aliphatic heterocycles. The molecule has 5 rings (SSSR count). The molecule has 3 unspecified atom stereocenters. The monoisotopic (exact) mass is 462 g/mol. The van der Waals surface area contributed by atoms with Gasteiger partial charge in [-0.1, -0.05) is 12.1 Å². The number of aromatic nitrogens is 4. The van der Waals surface area contributed by atoms with Crippen molar-refractivity contribution >= 4 is 11.8 Å². The molecule has 10 nitrogen and oxygen atoms in total. The first-order chi connectivity index (χ1) is 16.4. The van der Waals surface area contributed by atoms with Crippen molar-refractivity contribution in [1.29, 1.82) is 0 Å². The highest BCUT2D eigenvalue weighted by molar-refractivity contribution is 5.91. The van der Waals surface area contributed by atoms with Gasteiger partial charge in [-0.15, -0.1) is 0 Å². The number of carbonyl (C=O) groups excluding carboxylic acids is 2. The predicted octanol–water partition coefficient (Wildman–Crippen LogP) is 0.850. The predicted molar refractivity (Wildman–Crippen MR) is 120 cm³/mol. The van der Waals surface area contributed by atoms with E-state index in [1.54, 1.807) is 28.9 Å². The SMILES string of the molecule is CC(NC(=O)C(O)C(O)C(=O)N1[C@@H]2CC[C@H]1c1cncnc1C2)c1ccc(-n2cccn2)cc1. The summed E-state index contributed by atoms with van der Waals surface area (Å²) < 4.78 is 1.72. The Morgan fingerprint density at radius 3 is 2.68 bits per heavy atom. The van der Waals surface area contributed by atoms with Crippen LogP contribution in [0.4, 0.5) is 0 Å². The molecule has 0 aliphatic carbocycles. The molecule has 0 radical (unpaired) electrons. The number of hydrogen-bond donors (Lipinski definition) is 3. The maximum atomic E-state index is 13.1. The molecule has 1 saturated heterocycles. The second kappa shape index (κ2) is 8.96. The summed E-state index contributed by atoms with van der Waals surface area (Å²) in [6.45, 7) is 1.77. The first-order valence-electron chi connectivity index (χ1n) is 11.3. The van der Waals surface area contributed by atoms with Crippen molar-refractivity contribution in [2.24, 2.45) is 0 Å². The summed E-state index contributed by atoms with van der Waals surface area (Å²) in [5, 5.41) is 28.0. The Morgan fingerprint density at radius 1 is 1.15 bits per heavy atom. The van der Waals surface area contributed by atoms with Crippen molar-refractivity contribution in [3.8, 4) is 5.69 Å². The van der Waals surface area contributed by atoms with Crippen molar-refractivity contribution in [3.63, 3.8) is 0 Å².